The number of halogens is 1. The van der Waals surface area contributed by atoms with E-state index in [1.165, 1.54) is 23.1 Å². The number of rotatable bonds is 7. The lowest BCUT2D eigenvalue weighted by molar-refractivity contribution is 0.0531. The van der Waals surface area contributed by atoms with E-state index in [-0.39, 0.29) is 18.7 Å². The monoisotopic (exact) mass is 474 g/mol. The largest absolute Gasteiger partial charge is 0.467 e. The van der Waals surface area contributed by atoms with Gasteiger partial charge in [-0.25, -0.2) is 9.78 Å². The van der Waals surface area contributed by atoms with Gasteiger partial charge in [0.15, 0.2) is 5.16 Å². The SMILES string of the molecule is CCOC(=O)c1sc2nc(SCc3ccccc3Cl)n(Cc3ccco3)c(=O)c2c1C. The Morgan fingerprint density at radius 1 is 1.29 bits per heavy atom. The lowest BCUT2D eigenvalue weighted by Gasteiger charge is -2.11. The van der Waals surface area contributed by atoms with Gasteiger partial charge in [0.2, 0.25) is 0 Å². The van der Waals surface area contributed by atoms with Crippen LogP contribution in [0.25, 0.3) is 10.2 Å². The van der Waals surface area contributed by atoms with E-state index in [2.05, 4.69) is 0 Å². The first-order valence-electron chi connectivity index (χ1n) is 9.59. The molecule has 0 bridgehead atoms. The zero-order valence-corrected chi connectivity index (χ0v) is 19.3. The van der Waals surface area contributed by atoms with Gasteiger partial charge in [0.05, 0.1) is 24.8 Å². The van der Waals surface area contributed by atoms with Gasteiger partial charge in [-0.3, -0.25) is 9.36 Å². The highest BCUT2D eigenvalue weighted by molar-refractivity contribution is 7.98. The number of fused-ring (bicyclic) bond motifs is 1. The molecule has 31 heavy (non-hydrogen) atoms. The summed E-state index contributed by atoms with van der Waals surface area (Å²) in [6, 6.07) is 11.2. The second-order valence-electron chi connectivity index (χ2n) is 6.70. The Morgan fingerprint density at radius 3 is 2.81 bits per heavy atom. The van der Waals surface area contributed by atoms with E-state index in [1.807, 2.05) is 30.3 Å². The smallest absolute Gasteiger partial charge is 0.348 e. The van der Waals surface area contributed by atoms with Gasteiger partial charge in [-0.1, -0.05) is 41.6 Å². The van der Waals surface area contributed by atoms with Crippen LogP contribution in [-0.2, 0) is 17.0 Å². The lowest BCUT2D eigenvalue weighted by Crippen LogP contribution is -2.23. The summed E-state index contributed by atoms with van der Waals surface area (Å²) in [6.45, 7) is 4.01. The summed E-state index contributed by atoms with van der Waals surface area (Å²) in [5, 5.41) is 1.62. The molecule has 0 saturated carbocycles. The molecule has 0 aliphatic carbocycles. The number of aryl methyl sites for hydroxylation is 1. The topological polar surface area (TPSA) is 74.3 Å². The predicted octanol–water partition coefficient (Wildman–Crippen LogP) is 5.53. The molecule has 0 aliphatic heterocycles. The Morgan fingerprint density at radius 2 is 2.10 bits per heavy atom. The summed E-state index contributed by atoms with van der Waals surface area (Å²) in [4.78, 5) is 31.5. The number of thiophene rings is 1. The van der Waals surface area contributed by atoms with E-state index in [0.29, 0.717) is 42.3 Å². The average Bonchev–Trinajstić information content (AvgIpc) is 3.38. The van der Waals surface area contributed by atoms with Gasteiger partial charge in [0, 0.05) is 10.8 Å². The molecule has 3 heterocycles. The first kappa shape index (κ1) is 21.7. The normalized spacial score (nSPS) is 11.2. The van der Waals surface area contributed by atoms with Gasteiger partial charge >= 0.3 is 5.97 Å². The quantitative estimate of drug-likeness (QED) is 0.199. The molecule has 4 aromatic rings. The number of carbonyl (C=O) groups excluding carboxylic acids is 1. The Hall–Kier alpha value is -2.55. The van der Waals surface area contributed by atoms with Crippen molar-refractivity contribution in [3.8, 4) is 0 Å². The minimum absolute atomic E-state index is 0.215. The van der Waals surface area contributed by atoms with Crippen LogP contribution in [0.2, 0.25) is 5.02 Å². The van der Waals surface area contributed by atoms with Crippen LogP contribution in [0.5, 0.6) is 0 Å². The number of furan rings is 1. The third-order valence-corrected chi connectivity index (χ3v) is 7.24. The maximum absolute atomic E-state index is 13.5. The van der Waals surface area contributed by atoms with Crippen molar-refractivity contribution in [2.75, 3.05) is 6.61 Å². The Labute approximate surface area is 191 Å². The van der Waals surface area contributed by atoms with Crippen LogP contribution in [0.3, 0.4) is 0 Å². The fourth-order valence-corrected chi connectivity index (χ4v) is 5.56. The van der Waals surface area contributed by atoms with Crippen molar-refractivity contribution in [1.29, 1.82) is 0 Å². The van der Waals surface area contributed by atoms with Crippen LogP contribution >= 0.6 is 34.7 Å². The number of benzene rings is 1. The summed E-state index contributed by atoms with van der Waals surface area (Å²) in [5.74, 6) is 0.747. The van der Waals surface area contributed by atoms with Crippen LogP contribution in [0, 0.1) is 6.92 Å². The molecule has 0 amide bonds. The molecular weight excluding hydrogens is 456 g/mol. The molecule has 160 valence electrons. The van der Waals surface area contributed by atoms with Crippen LogP contribution in [-0.4, -0.2) is 22.1 Å². The fourth-order valence-electron chi connectivity index (χ4n) is 3.15. The number of ether oxygens (including phenoxy) is 1. The molecule has 0 unspecified atom stereocenters. The van der Waals surface area contributed by atoms with E-state index in [4.69, 9.17) is 25.7 Å². The first-order chi connectivity index (χ1) is 15.0. The molecule has 0 aliphatic rings. The molecule has 4 rings (SSSR count). The summed E-state index contributed by atoms with van der Waals surface area (Å²) in [5.41, 5.74) is 1.32. The first-order valence-corrected chi connectivity index (χ1v) is 11.8. The lowest BCUT2D eigenvalue weighted by atomic mass is 10.2. The second kappa shape index (κ2) is 9.30. The number of esters is 1. The number of hydrogen-bond donors (Lipinski definition) is 0. The zero-order chi connectivity index (χ0) is 22.0. The molecule has 3 aromatic heterocycles. The average molecular weight is 475 g/mol. The molecule has 0 fully saturated rings. The number of carbonyl (C=O) groups is 1. The minimum atomic E-state index is -0.440. The predicted molar refractivity (Wildman–Crippen MR) is 123 cm³/mol. The van der Waals surface area contributed by atoms with E-state index >= 15 is 0 Å². The molecule has 0 radical (unpaired) electrons. The van der Waals surface area contributed by atoms with E-state index in [0.717, 1.165) is 5.56 Å². The molecule has 0 saturated heterocycles. The van der Waals surface area contributed by atoms with Gasteiger partial charge in [-0.15, -0.1) is 11.3 Å². The molecule has 1 aromatic carbocycles. The van der Waals surface area contributed by atoms with Crippen LogP contribution in [0.15, 0.2) is 57.0 Å². The van der Waals surface area contributed by atoms with Crippen molar-refractivity contribution < 1.29 is 13.9 Å². The van der Waals surface area contributed by atoms with Crippen LogP contribution in [0.1, 0.15) is 33.5 Å². The number of thioether (sulfide) groups is 1. The summed E-state index contributed by atoms with van der Waals surface area (Å²) in [6.07, 6.45) is 1.57. The van der Waals surface area contributed by atoms with Gasteiger partial charge in [-0.05, 0) is 43.2 Å². The number of hydrogen-bond acceptors (Lipinski definition) is 7. The van der Waals surface area contributed by atoms with E-state index < -0.39 is 5.97 Å². The molecule has 0 spiro atoms. The van der Waals surface area contributed by atoms with Crippen molar-refractivity contribution in [2.45, 2.75) is 31.3 Å². The fraction of sp³-hybridized carbons (Fsp3) is 0.227. The van der Waals surface area contributed by atoms with E-state index in [9.17, 15) is 9.59 Å². The molecule has 6 nitrogen and oxygen atoms in total. The Bertz CT molecular complexity index is 1300. The van der Waals surface area contributed by atoms with Gasteiger partial charge in [0.1, 0.15) is 15.5 Å². The van der Waals surface area contributed by atoms with Crippen LogP contribution < -0.4 is 5.56 Å². The van der Waals surface area contributed by atoms with Gasteiger partial charge < -0.3 is 9.15 Å². The molecule has 0 atom stereocenters. The van der Waals surface area contributed by atoms with E-state index in [1.54, 1.807) is 30.7 Å². The maximum Gasteiger partial charge on any atom is 0.348 e. The summed E-state index contributed by atoms with van der Waals surface area (Å²) in [7, 11) is 0. The second-order valence-corrected chi connectivity index (χ2v) is 9.05. The van der Waals surface area contributed by atoms with Crippen molar-refractivity contribution >= 4 is 50.9 Å². The van der Waals surface area contributed by atoms with Crippen molar-refractivity contribution in [3.05, 3.63) is 79.8 Å². The van der Waals surface area contributed by atoms with Gasteiger partial charge in [0.25, 0.3) is 5.56 Å². The highest BCUT2D eigenvalue weighted by atomic mass is 35.5. The van der Waals surface area contributed by atoms with Gasteiger partial charge in [-0.2, -0.15) is 0 Å². The third-order valence-electron chi connectivity index (χ3n) is 4.68. The van der Waals surface area contributed by atoms with Crippen molar-refractivity contribution in [1.82, 2.24) is 9.55 Å². The highest BCUT2D eigenvalue weighted by Gasteiger charge is 2.23. The highest BCUT2D eigenvalue weighted by Crippen LogP contribution is 2.31. The Kier molecular flexibility index (Phi) is 6.50. The maximum atomic E-state index is 13.5. The molecule has 9 heteroatoms. The molecule has 0 N–H and O–H groups in total. The Balaban J connectivity index is 1.81. The van der Waals surface area contributed by atoms with Crippen molar-refractivity contribution in [2.24, 2.45) is 0 Å². The zero-order valence-electron chi connectivity index (χ0n) is 16.9. The van der Waals surface area contributed by atoms with Crippen LogP contribution in [0.4, 0.5) is 0 Å². The van der Waals surface area contributed by atoms with Crippen molar-refractivity contribution in [3.63, 3.8) is 0 Å². The summed E-state index contributed by atoms with van der Waals surface area (Å²) >= 11 is 8.89. The third kappa shape index (κ3) is 4.42. The molecular formula is C22H19ClN2O4S2. The summed E-state index contributed by atoms with van der Waals surface area (Å²) < 4.78 is 12.2. The minimum Gasteiger partial charge on any atom is -0.467 e. The number of aromatic nitrogens is 2. The standard InChI is InChI=1S/C22H19ClN2O4S2/c1-3-28-21(27)18-13(2)17-19(31-18)24-22(30-12-14-7-4-5-9-16(14)23)25(20(17)26)11-15-8-6-10-29-15/h4-10H,3,11-12H2,1-2H3. The number of nitrogens with zero attached hydrogens (tertiary/aromatic N) is 2.